The van der Waals surface area contributed by atoms with Crippen molar-refractivity contribution in [3.63, 3.8) is 0 Å². The number of sulfonamides is 1. The minimum Gasteiger partial charge on any atom is -0.473 e. The number of hydrogen-bond acceptors (Lipinski definition) is 6. The molecule has 2 aromatic rings. The lowest BCUT2D eigenvalue weighted by atomic mass is 10.2. The molecule has 1 aromatic heterocycles. The molecule has 0 aliphatic carbocycles. The summed E-state index contributed by atoms with van der Waals surface area (Å²) >= 11 is 0. The van der Waals surface area contributed by atoms with Gasteiger partial charge in [-0.2, -0.15) is 4.31 Å². The number of benzene rings is 1. The molecular weight excluding hydrogens is 398 g/mol. The minimum atomic E-state index is -3.24. The van der Waals surface area contributed by atoms with Gasteiger partial charge in [-0.3, -0.25) is 9.88 Å². The smallest absolute Gasteiger partial charge is 0.414 e. The molecule has 3 rings (SSSR count). The first-order chi connectivity index (χ1) is 13.8. The maximum absolute atomic E-state index is 12.5. The van der Waals surface area contributed by atoms with E-state index in [0.29, 0.717) is 13.1 Å². The number of carbonyl (C=O) groups is 2. The summed E-state index contributed by atoms with van der Waals surface area (Å²) in [6, 6.07) is 13.3. The van der Waals surface area contributed by atoms with Crippen molar-refractivity contribution >= 4 is 22.0 Å². The highest BCUT2D eigenvalue weighted by atomic mass is 32.2. The van der Waals surface area contributed by atoms with Crippen LogP contribution < -0.4 is 0 Å². The lowest BCUT2D eigenvalue weighted by Crippen LogP contribution is -2.48. The Morgan fingerprint density at radius 3 is 2.00 bits per heavy atom. The molecule has 1 aliphatic heterocycles. The van der Waals surface area contributed by atoms with Crippen LogP contribution in [0.15, 0.2) is 54.9 Å². The first-order valence-electron chi connectivity index (χ1n) is 8.87. The highest BCUT2D eigenvalue weighted by Gasteiger charge is 2.27. The number of aliphatic carboxylic acids is 2. The third kappa shape index (κ3) is 7.60. The van der Waals surface area contributed by atoms with Crippen LogP contribution in [-0.4, -0.2) is 70.9 Å². The molecule has 2 N–H and O–H groups in total. The Hall–Kier alpha value is -2.82. The van der Waals surface area contributed by atoms with Crippen molar-refractivity contribution in [3.05, 3.63) is 66.0 Å². The van der Waals surface area contributed by atoms with E-state index in [4.69, 9.17) is 19.8 Å². The SMILES string of the molecule is O=C(O)C(=O)O.O=S(=O)(Cc1ccccc1)N1CCN(Cc2cccnc2)CC1. The summed E-state index contributed by atoms with van der Waals surface area (Å²) in [7, 11) is -3.24. The first kappa shape index (κ1) is 22.5. The van der Waals surface area contributed by atoms with Gasteiger partial charge >= 0.3 is 11.9 Å². The predicted molar refractivity (Wildman–Crippen MR) is 105 cm³/mol. The Kier molecular flexibility index (Phi) is 8.25. The molecule has 29 heavy (non-hydrogen) atoms. The van der Waals surface area contributed by atoms with Crippen molar-refractivity contribution in [1.29, 1.82) is 0 Å². The number of carboxylic acid groups (broad SMARTS) is 2. The number of piperazine rings is 1. The minimum absolute atomic E-state index is 0.0798. The van der Waals surface area contributed by atoms with E-state index in [9.17, 15) is 8.42 Å². The van der Waals surface area contributed by atoms with E-state index >= 15 is 0 Å². The molecule has 0 atom stereocenters. The van der Waals surface area contributed by atoms with Crippen LogP contribution in [0.1, 0.15) is 11.1 Å². The number of aromatic nitrogens is 1. The zero-order chi connectivity index (χ0) is 21.3. The van der Waals surface area contributed by atoms with Gasteiger partial charge in [-0.15, -0.1) is 0 Å². The second-order valence-corrected chi connectivity index (χ2v) is 8.36. The zero-order valence-corrected chi connectivity index (χ0v) is 16.5. The summed E-state index contributed by atoms with van der Waals surface area (Å²) in [5.41, 5.74) is 2.00. The normalized spacial score (nSPS) is 15.2. The van der Waals surface area contributed by atoms with Gasteiger partial charge in [-0.05, 0) is 17.2 Å². The molecule has 10 heteroatoms. The average Bonchev–Trinajstić information content (AvgIpc) is 2.70. The van der Waals surface area contributed by atoms with Crippen LogP contribution in [-0.2, 0) is 31.9 Å². The summed E-state index contributed by atoms with van der Waals surface area (Å²) in [4.78, 5) is 24.6. The number of hydrogen-bond donors (Lipinski definition) is 2. The van der Waals surface area contributed by atoms with Gasteiger partial charge in [0.15, 0.2) is 0 Å². The van der Waals surface area contributed by atoms with Gasteiger partial charge in [0, 0.05) is 45.1 Å². The van der Waals surface area contributed by atoms with Gasteiger partial charge in [0.05, 0.1) is 5.75 Å². The largest absolute Gasteiger partial charge is 0.473 e. The molecule has 0 saturated carbocycles. The highest BCUT2D eigenvalue weighted by Crippen LogP contribution is 2.14. The monoisotopic (exact) mass is 421 g/mol. The molecule has 0 spiro atoms. The fourth-order valence-electron chi connectivity index (χ4n) is 2.79. The van der Waals surface area contributed by atoms with Crippen LogP contribution in [0, 0.1) is 0 Å². The molecule has 2 heterocycles. The molecule has 9 nitrogen and oxygen atoms in total. The van der Waals surface area contributed by atoms with E-state index in [1.807, 2.05) is 48.7 Å². The van der Waals surface area contributed by atoms with E-state index in [1.54, 1.807) is 10.5 Å². The van der Waals surface area contributed by atoms with Crippen molar-refractivity contribution in [1.82, 2.24) is 14.2 Å². The lowest BCUT2D eigenvalue weighted by Gasteiger charge is -2.34. The van der Waals surface area contributed by atoms with E-state index < -0.39 is 22.0 Å². The van der Waals surface area contributed by atoms with Crippen LogP contribution in [0.4, 0.5) is 0 Å². The average molecular weight is 421 g/mol. The van der Waals surface area contributed by atoms with Crippen LogP contribution in [0.5, 0.6) is 0 Å². The highest BCUT2D eigenvalue weighted by molar-refractivity contribution is 7.88. The second kappa shape index (κ2) is 10.6. The number of pyridine rings is 1. The molecule has 0 unspecified atom stereocenters. The summed E-state index contributed by atoms with van der Waals surface area (Å²) in [6.07, 6.45) is 3.62. The van der Waals surface area contributed by atoms with Gasteiger partial charge in [0.2, 0.25) is 10.0 Å². The van der Waals surface area contributed by atoms with Crippen LogP contribution in [0.2, 0.25) is 0 Å². The van der Waals surface area contributed by atoms with Crippen molar-refractivity contribution in [2.24, 2.45) is 0 Å². The van der Waals surface area contributed by atoms with Crippen molar-refractivity contribution < 1.29 is 28.2 Å². The maximum atomic E-state index is 12.5. The van der Waals surface area contributed by atoms with Gasteiger partial charge in [0.1, 0.15) is 0 Å². The Bertz CT molecular complexity index is 886. The number of nitrogens with zero attached hydrogens (tertiary/aromatic N) is 3. The van der Waals surface area contributed by atoms with E-state index in [1.165, 1.54) is 0 Å². The standard InChI is InChI=1S/C17H21N3O2S.C2H2O4/c21-23(22,15-16-5-2-1-3-6-16)20-11-9-19(10-12-20)14-17-7-4-8-18-13-17;3-1(4)2(5)6/h1-8,13H,9-12,14-15H2;(H,3,4)(H,5,6). The molecule has 1 saturated heterocycles. The molecule has 0 bridgehead atoms. The zero-order valence-electron chi connectivity index (χ0n) is 15.7. The number of carboxylic acids is 2. The predicted octanol–water partition coefficient (Wildman–Crippen LogP) is 0.885. The third-order valence-corrected chi connectivity index (χ3v) is 6.08. The summed E-state index contributed by atoms with van der Waals surface area (Å²) in [5, 5.41) is 14.8. The molecule has 1 fully saturated rings. The fourth-order valence-corrected chi connectivity index (χ4v) is 4.31. The van der Waals surface area contributed by atoms with Gasteiger partial charge in [0.25, 0.3) is 0 Å². The van der Waals surface area contributed by atoms with Crippen molar-refractivity contribution in [2.45, 2.75) is 12.3 Å². The topological polar surface area (TPSA) is 128 Å². The van der Waals surface area contributed by atoms with E-state index in [0.717, 1.165) is 30.8 Å². The molecule has 0 amide bonds. The Morgan fingerprint density at radius 2 is 1.48 bits per heavy atom. The van der Waals surface area contributed by atoms with E-state index in [2.05, 4.69) is 9.88 Å². The quantitative estimate of drug-likeness (QED) is 0.681. The second-order valence-electron chi connectivity index (χ2n) is 6.39. The Morgan fingerprint density at radius 1 is 0.897 bits per heavy atom. The van der Waals surface area contributed by atoms with Crippen LogP contribution >= 0.6 is 0 Å². The third-order valence-electron chi connectivity index (χ3n) is 4.23. The van der Waals surface area contributed by atoms with Gasteiger partial charge in [-0.25, -0.2) is 18.0 Å². The van der Waals surface area contributed by atoms with E-state index in [-0.39, 0.29) is 5.75 Å². The molecule has 0 radical (unpaired) electrons. The maximum Gasteiger partial charge on any atom is 0.414 e. The van der Waals surface area contributed by atoms with Crippen LogP contribution in [0.3, 0.4) is 0 Å². The summed E-state index contributed by atoms with van der Waals surface area (Å²) in [5.74, 6) is -3.57. The summed E-state index contributed by atoms with van der Waals surface area (Å²) < 4.78 is 26.6. The molecule has 1 aromatic carbocycles. The summed E-state index contributed by atoms with van der Waals surface area (Å²) in [6.45, 7) is 3.43. The van der Waals surface area contributed by atoms with Gasteiger partial charge in [-0.1, -0.05) is 36.4 Å². The van der Waals surface area contributed by atoms with Gasteiger partial charge < -0.3 is 10.2 Å². The van der Waals surface area contributed by atoms with Crippen LogP contribution in [0.25, 0.3) is 0 Å². The molecular formula is C19H23N3O6S. The van der Waals surface area contributed by atoms with Crippen molar-refractivity contribution in [2.75, 3.05) is 26.2 Å². The molecule has 156 valence electrons. The molecule has 1 aliphatic rings. The number of rotatable bonds is 5. The Labute approximate surface area is 169 Å². The fraction of sp³-hybridized carbons (Fsp3) is 0.316. The lowest BCUT2D eigenvalue weighted by molar-refractivity contribution is -0.159. The van der Waals surface area contributed by atoms with Crippen molar-refractivity contribution in [3.8, 4) is 0 Å². The Balaban J connectivity index is 0.000000438. The first-order valence-corrected chi connectivity index (χ1v) is 10.5.